The third kappa shape index (κ3) is 2.76. The largest absolute Gasteiger partial charge is 0.497 e. The summed E-state index contributed by atoms with van der Waals surface area (Å²) in [4.78, 5) is 4.70. The number of methoxy groups -OCH3 is 2. The maximum atomic E-state index is 5.83. The van der Waals surface area contributed by atoms with Crippen LogP contribution in [0.4, 0.5) is 5.69 Å². The van der Waals surface area contributed by atoms with E-state index >= 15 is 0 Å². The quantitative estimate of drug-likeness (QED) is 0.738. The molecule has 0 radical (unpaired) electrons. The number of hydrogen-bond acceptors (Lipinski definition) is 5. The molecule has 0 saturated carbocycles. The summed E-state index contributed by atoms with van der Waals surface area (Å²) in [6, 6.07) is 13.4. The first-order valence-electron chi connectivity index (χ1n) is 6.75. The van der Waals surface area contributed by atoms with E-state index in [1.54, 1.807) is 25.6 Å². The summed E-state index contributed by atoms with van der Waals surface area (Å²) in [5, 5.41) is 2.95. The maximum absolute atomic E-state index is 5.83. The Kier molecular flexibility index (Phi) is 3.98. The Bertz CT molecular complexity index is 799. The van der Waals surface area contributed by atoms with E-state index in [2.05, 4.69) is 0 Å². The van der Waals surface area contributed by atoms with Crippen molar-refractivity contribution in [2.75, 3.05) is 20.0 Å². The maximum Gasteiger partial charge on any atom is 0.131 e. The molecule has 112 valence electrons. The smallest absolute Gasteiger partial charge is 0.131 e. The molecule has 0 amide bonds. The molecule has 2 N–H and O–H groups in total. The summed E-state index contributed by atoms with van der Waals surface area (Å²) in [6.45, 7) is 0. The predicted octanol–water partition coefficient (Wildman–Crippen LogP) is 4.08. The van der Waals surface area contributed by atoms with Gasteiger partial charge in [-0.25, -0.2) is 4.98 Å². The van der Waals surface area contributed by atoms with Crippen LogP contribution in [0.25, 0.3) is 21.8 Å². The van der Waals surface area contributed by atoms with Crippen LogP contribution in [-0.4, -0.2) is 19.2 Å². The third-order valence-electron chi connectivity index (χ3n) is 3.32. The second kappa shape index (κ2) is 6.07. The highest BCUT2D eigenvalue weighted by molar-refractivity contribution is 7.13. The monoisotopic (exact) mass is 312 g/mol. The fourth-order valence-corrected chi connectivity index (χ4v) is 3.03. The van der Waals surface area contributed by atoms with E-state index in [-0.39, 0.29) is 0 Å². The van der Waals surface area contributed by atoms with Crippen LogP contribution in [0.5, 0.6) is 11.5 Å². The molecule has 5 heteroatoms. The second-order valence-corrected chi connectivity index (χ2v) is 5.59. The SMILES string of the molecule is COc1ccc(-c2csc(-c3cccc(N)c3)n2)c(OC)c1. The molecule has 3 rings (SSSR count). The molecule has 3 aromatic rings. The predicted molar refractivity (Wildman–Crippen MR) is 90.5 cm³/mol. The highest BCUT2D eigenvalue weighted by Crippen LogP contribution is 2.36. The van der Waals surface area contributed by atoms with E-state index in [0.29, 0.717) is 0 Å². The lowest BCUT2D eigenvalue weighted by molar-refractivity contribution is 0.395. The van der Waals surface area contributed by atoms with Gasteiger partial charge in [-0.05, 0) is 24.3 Å². The first-order chi connectivity index (χ1) is 10.7. The first kappa shape index (κ1) is 14.4. The standard InChI is InChI=1S/C17H16N2O2S/c1-20-13-6-7-14(16(9-13)21-2)15-10-22-17(19-15)11-4-3-5-12(18)8-11/h3-10H,18H2,1-2H3. The van der Waals surface area contributed by atoms with Crippen molar-refractivity contribution < 1.29 is 9.47 Å². The van der Waals surface area contributed by atoms with Crippen molar-refractivity contribution in [3.05, 3.63) is 47.8 Å². The Morgan fingerprint density at radius 1 is 1.05 bits per heavy atom. The van der Waals surface area contributed by atoms with Gasteiger partial charge in [0.25, 0.3) is 0 Å². The van der Waals surface area contributed by atoms with Crippen LogP contribution in [0.15, 0.2) is 47.8 Å². The number of aromatic nitrogens is 1. The van der Waals surface area contributed by atoms with Gasteiger partial charge in [0.05, 0.1) is 19.9 Å². The second-order valence-electron chi connectivity index (χ2n) is 4.73. The van der Waals surface area contributed by atoms with Crippen LogP contribution in [0.1, 0.15) is 0 Å². The lowest BCUT2D eigenvalue weighted by Gasteiger charge is -2.08. The zero-order valence-electron chi connectivity index (χ0n) is 12.4. The third-order valence-corrected chi connectivity index (χ3v) is 4.21. The van der Waals surface area contributed by atoms with Crippen molar-refractivity contribution >= 4 is 17.0 Å². The van der Waals surface area contributed by atoms with Crippen molar-refractivity contribution in [2.45, 2.75) is 0 Å². The molecule has 0 aliphatic heterocycles. The molecule has 0 bridgehead atoms. The average molecular weight is 312 g/mol. The van der Waals surface area contributed by atoms with Gasteiger partial charge >= 0.3 is 0 Å². The molecule has 4 nitrogen and oxygen atoms in total. The van der Waals surface area contributed by atoms with Gasteiger partial charge in [0, 0.05) is 28.3 Å². The molecule has 22 heavy (non-hydrogen) atoms. The van der Waals surface area contributed by atoms with Crippen LogP contribution in [0, 0.1) is 0 Å². The molecule has 0 spiro atoms. The minimum atomic E-state index is 0.733. The fraction of sp³-hybridized carbons (Fsp3) is 0.118. The molecule has 1 heterocycles. The van der Waals surface area contributed by atoms with Gasteiger partial charge in [0.2, 0.25) is 0 Å². The highest BCUT2D eigenvalue weighted by Gasteiger charge is 2.12. The van der Waals surface area contributed by atoms with Gasteiger partial charge in [-0.3, -0.25) is 0 Å². The van der Waals surface area contributed by atoms with Gasteiger partial charge in [0.1, 0.15) is 16.5 Å². The Hall–Kier alpha value is -2.53. The molecule has 0 unspecified atom stereocenters. The summed E-state index contributed by atoms with van der Waals surface area (Å²) < 4.78 is 10.7. The molecule has 0 atom stereocenters. The normalized spacial score (nSPS) is 10.5. The molecule has 1 aromatic heterocycles. The Morgan fingerprint density at radius 3 is 2.64 bits per heavy atom. The van der Waals surface area contributed by atoms with Crippen molar-refractivity contribution in [2.24, 2.45) is 0 Å². The molecule has 0 fully saturated rings. The summed E-state index contributed by atoms with van der Waals surface area (Å²) in [7, 11) is 3.28. The van der Waals surface area contributed by atoms with Gasteiger partial charge in [0.15, 0.2) is 0 Å². The van der Waals surface area contributed by atoms with E-state index in [9.17, 15) is 0 Å². The van der Waals surface area contributed by atoms with E-state index in [4.69, 9.17) is 20.2 Å². The minimum absolute atomic E-state index is 0.733. The number of benzene rings is 2. The number of ether oxygens (including phenoxy) is 2. The average Bonchev–Trinajstić information content (AvgIpc) is 3.04. The molecule has 0 aliphatic carbocycles. The molecule has 0 aliphatic rings. The van der Waals surface area contributed by atoms with Gasteiger partial charge in [-0.15, -0.1) is 11.3 Å². The number of anilines is 1. The molecule has 2 aromatic carbocycles. The van der Waals surface area contributed by atoms with Crippen molar-refractivity contribution in [1.29, 1.82) is 0 Å². The zero-order valence-corrected chi connectivity index (χ0v) is 13.2. The van der Waals surface area contributed by atoms with Gasteiger partial charge < -0.3 is 15.2 Å². The minimum Gasteiger partial charge on any atom is -0.497 e. The Labute approximate surface area is 133 Å². The highest BCUT2D eigenvalue weighted by atomic mass is 32.1. The van der Waals surface area contributed by atoms with E-state index in [1.807, 2.05) is 47.8 Å². The van der Waals surface area contributed by atoms with Crippen LogP contribution in [0.2, 0.25) is 0 Å². The van der Waals surface area contributed by atoms with Crippen molar-refractivity contribution in [3.63, 3.8) is 0 Å². The van der Waals surface area contributed by atoms with Gasteiger partial charge in [-0.1, -0.05) is 12.1 Å². The Balaban J connectivity index is 2.00. The fourth-order valence-electron chi connectivity index (χ4n) is 2.21. The zero-order chi connectivity index (χ0) is 15.5. The van der Waals surface area contributed by atoms with Crippen LogP contribution < -0.4 is 15.2 Å². The summed E-state index contributed by atoms with van der Waals surface area (Å²) >= 11 is 1.58. The molecular weight excluding hydrogens is 296 g/mol. The van der Waals surface area contributed by atoms with E-state index in [1.165, 1.54) is 0 Å². The number of rotatable bonds is 4. The number of thiazole rings is 1. The Morgan fingerprint density at radius 2 is 1.91 bits per heavy atom. The number of hydrogen-bond donors (Lipinski definition) is 1. The number of nitrogens with two attached hydrogens (primary N) is 1. The van der Waals surface area contributed by atoms with Crippen LogP contribution in [-0.2, 0) is 0 Å². The van der Waals surface area contributed by atoms with Crippen LogP contribution in [0.3, 0.4) is 0 Å². The topological polar surface area (TPSA) is 57.4 Å². The molecular formula is C17H16N2O2S. The van der Waals surface area contributed by atoms with Crippen LogP contribution >= 0.6 is 11.3 Å². The van der Waals surface area contributed by atoms with Crippen molar-refractivity contribution in [1.82, 2.24) is 4.98 Å². The van der Waals surface area contributed by atoms with Crippen molar-refractivity contribution in [3.8, 4) is 33.3 Å². The summed E-state index contributed by atoms with van der Waals surface area (Å²) in [5.74, 6) is 1.50. The lowest BCUT2D eigenvalue weighted by atomic mass is 10.1. The molecule has 0 saturated heterocycles. The first-order valence-corrected chi connectivity index (χ1v) is 7.63. The summed E-state index contributed by atoms with van der Waals surface area (Å²) in [5.41, 5.74) is 9.40. The van der Waals surface area contributed by atoms with Gasteiger partial charge in [-0.2, -0.15) is 0 Å². The number of nitrogen functional groups attached to an aromatic ring is 1. The number of nitrogens with zero attached hydrogens (tertiary/aromatic N) is 1. The van der Waals surface area contributed by atoms with E-state index in [0.717, 1.165) is 39.0 Å². The summed E-state index contributed by atoms with van der Waals surface area (Å²) in [6.07, 6.45) is 0. The lowest BCUT2D eigenvalue weighted by Crippen LogP contribution is -1.90. The van der Waals surface area contributed by atoms with E-state index < -0.39 is 0 Å².